The van der Waals surface area contributed by atoms with E-state index in [9.17, 15) is 5.11 Å². The van der Waals surface area contributed by atoms with Crippen LogP contribution in [0.1, 0.15) is 25.7 Å². The van der Waals surface area contributed by atoms with Crippen molar-refractivity contribution in [2.24, 2.45) is 0 Å². The van der Waals surface area contributed by atoms with Crippen molar-refractivity contribution in [3.05, 3.63) is 11.5 Å². The third-order valence-corrected chi connectivity index (χ3v) is 3.12. The molecule has 1 aliphatic rings. The van der Waals surface area contributed by atoms with Crippen LogP contribution in [0.4, 0.5) is 11.5 Å². The Hall–Kier alpha value is -1.07. The van der Waals surface area contributed by atoms with Gasteiger partial charge in [-0.2, -0.15) is 0 Å². The zero-order valence-electron chi connectivity index (χ0n) is 8.86. The standard InChI is InChI=1S/C10H15ClN4O/c11-9-8(12)10(14-5-13-9)15-6-2-1-3-7(16)4-6/h5-7,16H,1-4,12H2,(H,13,14,15)/t6-,7-/m1/s1. The number of halogens is 1. The van der Waals surface area contributed by atoms with E-state index in [1.54, 1.807) is 0 Å². The maximum Gasteiger partial charge on any atom is 0.157 e. The van der Waals surface area contributed by atoms with Crippen molar-refractivity contribution in [2.45, 2.75) is 37.8 Å². The first-order chi connectivity index (χ1) is 7.66. The molecule has 2 rings (SSSR count). The predicted molar refractivity (Wildman–Crippen MR) is 63.3 cm³/mol. The Labute approximate surface area is 99.0 Å². The van der Waals surface area contributed by atoms with Gasteiger partial charge in [0.15, 0.2) is 11.0 Å². The van der Waals surface area contributed by atoms with Gasteiger partial charge in [0.2, 0.25) is 0 Å². The Balaban J connectivity index is 2.05. The average Bonchev–Trinajstić information content (AvgIpc) is 2.25. The number of anilines is 2. The molecule has 1 aromatic rings. The van der Waals surface area contributed by atoms with E-state index < -0.39 is 0 Å². The van der Waals surface area contributed by atoms with Crippen LogP contribution >= 0.6 is 11.6 Å². The minimum atomic E-state index is -0.232. The molecule has 6 heteroatoms. The molecule has 1 saturated carbocycles. The normalized spacial score (nSPS) is 25.4. The lowest BCUT2D eigenvalue weighted by molar-refractivity contribution is 0.124. The Kier molecular flexibility index (Phi) is 3.46. The molecular weight excluding hydrogens is 228 g/mol. The van der Waals surface area contributed by atoms with Gasteiger partial charge >= 0.3 is 0 Å². The fourth-order valence-electron chi connectivity index (χ4n) is 1.98. The van der Waals surface area contributed by atoms with Gasteiger partial charge in [-0.1, -0.05) is 11.6 Å². The zero-order valence-corrected chi connectivity index (χ0v) is 9.61. The Morgan fingerprint density at radius 1 is 1.44 bits per heavy atom. The number of aliphatic hydroxyl groups excluding tert-OH is 1. The second kappa shape index (κ2) is 4.84. The first-order valence-electron chi connectivity index (χ1n) is 5.37. The second-order valence-electron chi connectivity index (χ2n) is 4.09. The molecular formula is C10H15ClN4O. The zero-order chi connectivity index (χ0) is 11.5. The third-order valence-electron chi connectivity index (χ3n) is 2.82. The van der Waals surface area contributed by atoms with Gasteiger partial charge in [0.1, 0.15) is 12.0 Å². The van der Waals surface area contributed by atoms with Gasteiger partial charge in [-0.05, 0) is 25.7 Å². The lowest BCUT2D eigenvalue weighted by Gasteiger charge is -2.27. The minimum absolute atomic E-state index is 0.206. The fraction of sp³-hybridized carbons (Fsp3) is 0.600. The van der Waals surface area contributed by atoms with Crippen molar-refractivity contribution < 1.29 is 5.11 Å². The molecule has 1 aliphatic carbocycles. The molecule has 1 aromatic heterocycles. The van der Waals surface area contributed by atoms with Crippen LogP contribution in [0.3, 0.4) is 0 Å². The largest absolute Gasteiger partial charge is 0.393 e. The average molecular weight is 243 g/mol. The molecule has 0 aliphatic heterocycles. The van der Waals surface area contributed by atoms with E-state index in [-0.39, 0.29) is 17.3 Å². The van der Waals surface area contributed by atoms with Crippen molar-refractivity contribution in [3.63, 3.8) is 0 Å². The summed E-state index contributed by atoms with van der Waals surface area (Å²) in [4.78, 5) is 7.83. The smallest absolute Gasteiger partial charge is 0.157 e. The van der Waals surface area contributed by atoms with Crippen LogP contribution in [0, 0.1) is 0 Å². The van der Waals surface area contributed by atoms with E-state index >= 15 is 0 Å². The first-order valence-corrected chi connectivity index (χ1v) is 5.75. The number of nitrogens with zero attached hydrogens (tertiary/aromatic N) is 2. The molecule has 16 heavy (non-hydrogen) atoms. The molecule has 1 fully saturated rings. The number of aromatic nitrogens is 2. The fourth-order valence-corrected chi connectivity index (χ4v) is 2.11. The van der Waals surface area contributed by atoms with Gasteiger partial charge in [0, 0.05) is 6.04 Å². The highest BCUT2D eigenvalue weighted by Gasteiger charge is 2.21. The summed E-state index contributed by atoms with van der Waals surface area (Å²) in [5, 5.41) is 13.0. The van der Waals surface area contributed by atoms with E-state index in [1.807, 2.05) is 0 Å². The minimum Gasteiger partial charge on any atom is -0.393 e. The predicted octanol–water partition coefficient (Wildman–Crippen LogP) is 1.43. The number of nitrogen functional groups attached to an aromatic ring is 1. The summed E-state index contributed by atoms with van der Waals surface area (Å²) in [5.74, 6) is 0.555. The lowest BCUT2D eigenvalue weighted by Crippen LogP contribution is -2.30. The maximum atomic E-state index is 9.55. The molecule has 0 bridgehead atoms. The molecule has 2 atom stereocenters. The highest BCUT2D eigenvalue weighted by atomic mass is 35.5. The number of hydrogen-bond acceptors (Lipinski definition) is 5. The highest BCUT2D eigenvalue weighted by molar-refractivity contribution is 6.32. The molecule has 0 amide bonds. The van der Waals surface area contributed by atoms with E-state index in [4.69, 9.17) is 17.3 Å². The van der Waals surface area contributed by atoms with Gasteiger partial charge in [0.25, 0.3) is 0 Å². The van der Waals surface area contributed by atoms with Gasteiger partial charge in [-0.15, -0.1) is 0 Å². The molecule has 0 aromatic carbocycles. The number of aliphatic hydroxyl groups is 1. The van der Waals surface area contributed by atoms with Crippen LogP contribution in [-0.2, 0) is 0 Å². The Morgan fingerprint density at radius 2 is 2.25 bits per heavy atom. The summed E-state index contributed by atoms with van der Waals surface area (Å²) in [5.41, 5.74) is 6.12. The molecule has 4 N–H and O–H groups in total. The summed E-state index contributed by atoms with van der Waals surface area (Å²) in [7, 11) is 0. The number of hydrogen-bond donors (Lipinski definition) is 3. The quantitative estimate of drug-likeness (QED) is 0.684. The number of nitrogens with one attached hydrogen (secondary N) is 1. The summed E-state index contributed by atoms with van der Waals surface area (Å²) in [6, 6.07) is 0.206. The second-order valence-corrected chi connectivity index (χ2v) is 4.45. The van der Waals surface area contributed by atoms with E-state index in [2.05, 4.69) is 15.3 Å². The van der Waals surface area contributed by atoms with Crippen LogP contribution in [-0.4, -0.2) is 27.2 Å². The topological polar surface area (TPSA) is 84.1 Å². The van der Waals surface area contributed by atoms with Crippen LogP contribution < -0.4 is 11.1 Å². The summed E-state index contributed by atoms with van der Waals surface area (Å²) in [6.07, 6.45) is 4.76. The third kappa shape index (κ3) is 2.54. The van der Waals surface area contributed by atoms with Crippen molar-refractivity contribution in [3.8, 4) is 0 Å². The van der Waals surface area contributed by atoms with Crippen molar-refractivity contribution in [1.29, 1.82) is 0 Å². The Bertz CT molecular complexity index is 374. The van der Waals surface area contributed by atoms with Gasteiger partial charge in [-0.25, -0.2) is 9.97 Å². The van der Waals surface area contributed by atoms with Crippen LogP contribution in [0.5, 0.6) is 0 Å². The molecule has 88 valence electrons. The van der Waals surface area contributed by atoms with Crippen LogP contribution in [0.25, 0.3) is 0 Å². The van der Waals surface area contributed by atoms with Gasteiger partial charge in [-0.3, -0.25) is 0 Å². The molecule has 5 nitrogen and oxygen atoms in total. The number of rotatable bonds is 2. The summed E-state index contributed by atoms with van der Waals surface area (Å²) in [6.45, 7) is 0. The van der Waals surface area contributed by atoms with E-state index in [0.29, 0.717) is 11.5 Å². The van der Waals surface area contributed by atoms with E-state index in [1.165, 1.54) is 6.33 Å². The monoisotopic (exact) mass is 242 g/mol. The highest BCUT2D eigenvalue weighted by Crippen LogP contribution is 2.26. The van der Waals surface area contributed by atoms with Crippen molar-refractivity contribution >= 4 is 23.1 Å². The molecule has 0 radical (unpaired) electrons. The molecule has 0 spiro atoms. The summed E-state index contributed by atoms with van der Waals surface area (Å²) >= 11 is 5.79. The summed E-state index contributed by atoms with van der Waals surface area (Å²) < 4.78 is 0. The van der Waals surface area contributed by atoms with Crippen molar-refractivity contribution in [2.75, 3.05) is 11.1 Å². The maximum absolute atomic E-state index is 9.55. The van der Waals surface area contributed by atoms with Crippen LogP contribution in [0.15, 0.2) is 6.33 Å². The van der Waals surface area contributed by atoms with Crippen molar-refractivity contribution in [1.82, 2.24) is 9.97 Å². The molecule has 0 saturated heterocycles. The molecule has 1 heterocycles. The first kappa shape index (κ1) is 11.4. The van der Waals surface area contributed by atoms with Gasteiger partial charge < -0.3 is 16.2 Å². The number of nitrogens with two attached hydrogens (primary N) is 1. The van der Waals surface area contributed by atoms with E-state index in [0.717, 1.165) is 25.7 Å². The molecule has 0 unspecified atom stereocenters. The lowest BCUT2D eigenvalue weighted by atomic mass is 9.93. The van der Waals surface area contributed by atoms with Gasteiger partial charge in [0.05, 0.1) is 6.10 Å². The van der Waals surface area contributed by atoms with Crippen LogP contribution in [0.2, 0.25) is 5.15 Å². The SMILES string of the molecule is Nc1c(Cl)ncnc1N[C@@H]1CCC[C@@H](O)C1. The Morgan fingerprint density at radius 3 is 3.00 bits per heavy atom.